The van der Waals surface area contributed by atoms with Gasteiger partial charge in [0.2, 0.25) is 11.8 Å². The van der Waals surface area contributed by atoms with Crippen LogP contribution in [0.25, 0.3) is 0 Å². The second-order valence-electron chi connectivity index (χ2n) is 5.33. The first-order valence-corrected chi connectivity index (χ1v) is 8.57. The smallest absolute Gasteiger partial charge is 0.246 e. The van der Waals surface area contributed by atoms with Crippen LogP contribution < -0.4 is 11.1 Å². The number of carbonyl (C=O) groups is 2. The minimum Gasteiger partial charge on any atom is -0.368 e. The molecule has 6 heteroatoms. The molecule has 2 amide bonds. The van der Waals surface area contributed by atoms with Crippen LogP contribution in [-0.2, 0) is 27.4 Å². The summed E-state index contributed by atoms with van der Waals surface area (Å²) in [6.07, 6.45) is 0.358. The van der Waals surface area contributed by atoms with Crippen LogP contribution in [-0.4, -0.2) is 24.5 Å². The average molecular weight is 438 g/mol. The highest BCUT2D eigenvalue weighted by Gasteiger charge is 2.18. The molecule has 5 nitrogen and oxygen atoms in total. The summed E-state index contributed by atoms with van der Waals surface area (Å²) in [4.78, 5) is 23.5. The average Bonchev–Trinajstić information content (AvgIpc) is 2.57. The maximum Gasteiger partial charge on any atom is 0.246 e. The van der Waals surface area contributed by atoms with E-state index in [-0.39, 0.29) is 12.5 Å². The van der Waals surface area contributed by atoms with E-state index < -0.39 is 11.9 Å². The molecule has 0 aliphatic carbocycles. The number of primary amides is 1. The van der Waals surface area contributed by atoms with E-state index >= 15 is 0 Å². The Kier molecular flexibility index (Phi) is 7.20. The number of halogens is 1. The van der Waals surface area contributed by atoms with Gasteiger partial charge in [-0.1, -0.05) is 42.5 Å². The SMILES string of the molecule is NC(=O)[C@H](Cc1ccc(I)cc1)NC(=O)COCc1ccccc1. The van der Waals surface area contributed by atoms with Crippen LogP contribution in [0.2, 0.25) is 0 Å². The lowest BCUT2D eigenvalue weighted by atomic mass is 10.1. The largest absolute Gasteiger partial charge is 0.368 e. The van der Waals surface area contributed by atoms with E-state index in [0.29, 0.717) is 13.0 Å². The van der Waals surface area contributed by atoms with Gasteiger partial charge in [-0.3, -0.25) is 9.59 Å². The standard InChI is InChI=1S/C18H19IN2O3/c19-15-8-6-13(7-9-15)10-16(18(20)23)21-17(22)12-24-11-14-4-2-1-3-5-14/h1-9,16H,10-12H2,(H2,20,23)(H,21,22)/t16-/m0/s1. The Balaban J connectivity index is 1.82. The maximum atomic E-state index is 11.9. The van der Waals surface area contributed by atoms with E-state index in [0.717, 1.165) is 14.7 Å². The van der Waals surface area contributed by atoms with Crippen LogP contribution in [0.15, 0.2) is 54.6 Å². The predicted octanol–water partition coefficient (Wildman–Crippen LogP) is 2.02. The molecule has 2 aromatic carbocycles. The Morgan fingerprint density at radius 2 is 1.71 bits per heavy atom. The monoisotopic (exact) mass is 438 g/mol. The van der Waals surface area contributed by atoms with Gasteiger partial charge >= 0.3 is 0 Å². The van der Waals surface area contributed by atoms with Gasteiger partial charge in [0.1, 0.15) is 12.6 Å². The molecule has 0 aliphatic rings. The van der Waals surface area contributed by atoms with Crippen molar-refractivity contribution in [1.29, 1.82) is 0 Å². The molecule has 0 saturated carbocycles. The molecule has 0 radical (unpaired) electrons. The van der Waals surface area contributed by atoms with Gasteiger partial charge in [-0.05, 0) is 45.9 Å². The molecule has 1 atom stereocenters. The number of amides is 2. The number of rotatable bonds is 8. The van der Waals surface area contributed by atoms with E-state index in [4.69, 9.17) is 10.5 Å². The van der Waals surface area contributed by atoms with E-state index in [1.165, 1.54) is 0 Å². The van der Waals surface area contributed by atoms with Gasteiger partial charge in [0.25, 0.3) is 0 Å². The fourth-order valence-corrected chi connectivity index (χ4v) is 2.51. The quantitative estimate of drug-likeness (QED) is 0.619. The lowest BCUT2D eigenvalue weighted by Gasteiger charge is -2.16. The maximum absolute atomic E-state index is 11.9. The van der Waals surface area contributed by atoms with Crippen molar-refractivity contribution >= 4 is 34.4 Å². The number of benzene rings is 2. The predicted molar refractivity (Wildman–Crippen MR) is 100 cm³/mol. The Bertz CT molecular complexity index is 674. The summed E-state index contributed by atoms with van der Waals surface area (Å²) in [6, 6.07) is 16.5. The minimum atomic E-state index is -0.752. The summed E-state index contributed by atoms with van der Waals surface area (Å²) in [5, 5.41) is 2.63. The van der Waals surface area contributed by atoms with Gasteiger partial charge in [-0.15, -0.1) is 0 Å². The molecule has 3 N–H and O–H groups in total. The third-order valence-electron chi connectivity index (χ3n) is 3.38. The van der Waals surface area contributed by atoms with Gasteiger partial charge in [0.15, 0.2) is 0 Å². The lowest BCUT2D eigenvalue weighted by molar-refractivity contribution is -0.130. The normalized spacial score (nSPS) is 11.7. The Morgan fingerprint density at radius 1 is 1.04 bits per heavy atom. The molecule has 0 aromatic heterocycles. The summed E-state index contributed by atoms with van der Waals surface area (Å²) in [7, 11) is 0. The zero-order valence-electron chi connectivity index (χ0n) is 13.1. The number of nitrogens with one attached hydrogen (secondary N) is 1. The molecule has 0 heterocycles. The first kappa shape index (κ1) is 18.4. The number of hydrogen-bond donors (Lipinski definition) is 2. The van der Waals surface area contributed by atoms with Crippen molar-refractivity contribution in [3.63, 3.8) is 0 Å². The third-order valence-corrected chi connectivity index (χ3v) is 4.10. The fourth-order valence-electron chi connectivity index (χ4n) is 2.15. The number of nitrogens with two attached hydrogens (primary N) is 1. The van der Waals surface area contributed by atoms with Crippen molar-refractivity contribution in [3.8, 4) is 0 Å². The minimum absolute atomic E-state index is 0.120. The van der Waals surface area contributed by atoms with Gasteiger partial charge < -0.3 is 15.8 Å². The van der Waals surface area contributed by atoms with Crippen LogP contribution >= 0.6 is 22.6 Å². The van der Waals surface area contributed by atoms with Crippen molar-refractivity contribution in [2.24, 2.45) is 5.73 Å². The van der Waals surface area contributed by atoms with E-state index in [9.17, 15) is 9.59 Å². The summed E-state index contributed by atoms with van der Waals surface area (Å²) in [5.74, 6) is -0.926. The molecule has 126 valence electrons. The molecular formula is C18H19IN2O3. The lowest BCUT2D eigenvalue weighted by Crippen LogP contribution is -2.47. The van der Waals surface area contributed by atoms with E-state index in [1.54, 1.807) is 0 Å². The van der Waals surface area contributed by atoms with Crippen molar-refractivity contribution < 1.29 is 14.3 Å². The van der Waals surface area contributed by atoms with Crippen molar-refractivity contribution in [3.05, 3.63) is 69.3 Å². The van der Waals surface area contributed by atoms with Gasteiger partial charge in [-0.2, -0.15) is 0 Å². The van der Waals surface area contributed by atoms with Crippen molar-refractivity contribution in [2.75, 3.05) is 6.61 Å². The molecule has 0 bridgehead atoms. The molecule has 0 fully saturated rings. The Labute approximate surface area is 154 Å². The van der Waals surface area contributed by atoms with Crippen molar-refractivity contribution in [1.82, 2.24) is 5.32 Å². The van der Waals surface area contributed by atoms with E-state index in [2.05, 4.69) is 27.9 Å². The summed E-state index contributed by atoms with van der Waals surface area (Å²) in [5.41, 5.74) is 7.30. The highest BCUT2D eigenvalue weighted by Crippen LogP contribution is 2.09. The van der Waals surface area contributed by atoms with Gasteiger partial charge in [-0.25, -0.2) is 0 Å². The zero-order chi connectivity index (χ0) is 17.4. The first-order valence-electron chi connectivity index (χ1n) is 7.49. The highest BCUT2D eigenvalue weighted by atomic mass is 127. The number of hydrogen-bond acceptors (Lipinski definition) is 3. The zero-order valence-corrected chi connectivity index (χ0v) is 15.2. The molecule has 0 unspecified atom stereocenters. The molecule has 2 aromatic rings. The molecule has 24 heavy (non-hydrogen) atoms. The van der Waals surface area contributed by atoms with Crippen LogP contribution in [0.4, 0.5) is 0 Å². The number of carbonyl (C=O) groups excluding carboxylic acids is 2. The third kappa shape index (κ3) is 6.29. The van der Waals surface area contributed by atoms with E-state index in [1.807, 2.05) is 54.6 Å². The molecule has 0 aliphatic heterocycles. The second-order valence-corrected chi connectivity index (χ2v) is 6.58. The van der Waals surface area contributed by atoms with Crippen molar-refractivity contribution in [2.45, 2.75) is 19.1 Å². The summed E-state index contributed by atoms with van der Waals surface area (Å²) in [6.45, 7) is 0.220. The van der Waals surface area contributed by atoms with Crippen LogP contribution in [0.3, 0.4) is 0 Å². The summed E-state index contributed by atoms with van der Waals surface area (Å²) >= 11 is 2.21. The number of ether oxygens (including phenoxy) is 1. The molecular weight excluding hydrogens is 419 g/mol. The molecule has 0 spiro atoms. The first-order chi connectivity index (χ1) is 11.5. The Morgan fingerprint density at radius 3 is 2.33 bits per heavy atom. The molecule has 0 saturated heterocycles. The summed E-state index contributed by atoms with van der Waals surface area (Å²) < 4.78 is 6.47. The second kappa shape index (κ2) is 9.39. The fraction of sp³-hybridized carbons (Fsp3) is 0.222. The Hall–Kier alpha value is -1.93. The topological polar surface area (TPSA) is 81.4 Å². The van der Waals surface area contributed by atoms with Crippen LogP contribution in [0.1, 0.15) is 11.1 Å². The van der Waals surface area contributed by atoms with Crippen LogP contribution in [0.5, 0.6) is 0 Å². The van der Waals surface area contributed by atoms with Crippen LogP contribution in [0, 0.1) is 3.57 Å². The highest BCUT2D eigenvalue weighted by molar-refractivity contribution is 14.1. The van der Waals surface area contributed by atoms with Gasteiger partial charge in [0, 0.05) is 9.99 Å². The van der Waals surface area contributed by atoms with Gasteiger partial charge in [0.05, 0.1) is 6.61 Å². The molecule has 2 rings (SSSR count).